The number of carboxylic acids is 1. The Morgan fingerprint density at radius 1 is 1.39 bits per heavy atom. The standard InChI is InChI=1S/C13H18N2O3/c1-9(7-14-2)12(16)15-8-10-4-3-5-11(6-10)13(17)18/h3-6,9,14H,7-8H2,1-2H3,(H,15,16)(H,17,18). The number of carbonyl (C=O) groups is 2. The molecule has 98 valence electrons. The first-order valence-electron chi connectivity index (χ1n) is 5.79. The van der Waals surface area contributed by atoms with Crippen LogP contribution in [0.5, 0.6) is 0 Å². The first kappa shape index (κ1) is 14.2. The number of benzene rings is 1. The van der Waals surface area contributed by atoms with E-state index < -0.39 is 5.97 Å². The molecule has 1 aromatic carbocycles. The molecule has 1 unspecified atom stereocenters. The summed E-state index contributed by atoms with van der Waals surface area (Å²) in [7, 11) is 1.79. The van der Waals surface area contributed by atoms with Gasteiger partial charge < -0.3 is 15.7 Å². The lowest BCUT2D eigenvalue weighted by Crippen LogP contribution is -2.33. The van der Waals surface area contributed by atoms with Gasteiger partial charge in [0.2, 0.25) is 5.91 Å². The van der Waals surface area contributed by atoms with Crippen LogP contribution in [-0.2, 0) is 11.3 Å². The lowest BCUT2D eigenvalue weighted by Gasteiger charge is -2.11. The normalized spacial score (nSPS) is 11.9. The maximum Gasteiger partial charge on any atom is 0.335 e. The van der Waals surface area contributed by atoms with Crippen LogP contribution in [0.15, 0.2) is 24.3 Å². The average molecular weight is 250 g/mol. The van der Waals surface area contributed by atoms with Crippen LogP contribution in [0.2, 0.25) is 0 Å². The molecule has 1 rings (SSSR count). The van der Waals surface area contributed by atoms with E-state index in [-0.39, 0.29) is 17.4 Å². The fraction of sp³-hybridized carbons (Fsp3) is 0.385. The minimum Gasteiger partial charge on any atom is -0.478 e. The highest BCUT2D eigenvalue weighted by atomic mass is 16.4. The molecular formula is C13H18N2O3. The van der Waals surface area contributed by atoms with Crippen molar-refractivity contribution in [2.75, 3.05) is 13.6 Å². The number of carbonyl (C=O) groups excluding carboxylic acids is 1. The van der Waals surface area contributed by atoms with E-state index in [1.807, 2.05) is 6.92 Å². The number of carboxylic acid groups (broad SMARTS) is 1. The van der Waals surface area contributed by atoms with Gasteiger partial charge in [-0.05, 0) is 24.7 Å². The van der Waals surface area contributed by atoms with Gasteiger partial charge >= 0.3 is 5.97 Å². The van der Waals surface area contributed by atoms with E-state index in [1.54, 1.807) is 25.2 Å². The van der Waals surface area contributed by atoms with Gasteiger partial charge in [0.05, 0.1) is 5.56 Å². The fourth-order valence-corrected chi connectivity index (χ4v) is 1.58. The van der Waals surface area contributed by atoms with E-state index in [0.717, 1.165) is 5.56 Å². The Morgan fingerprint density at radius 3 is 2.72 bits per heavy atom. The molecular weight excluding hydrogens is 232 g/mol. The molecule has 0 radical (unpaired) electrons. The zero-order valence-electron chi connectivity index (χ0n) is 10.6. The van der Waals surface area contributed by atoms with Crippen molar-refractivity contribution in [2.45, 2.75) is 13.5 Å². The smallest absolute Gasteiger partial charge is 0.335 e. The summed E-state index contributed by atoms with van der Waals surface area (Å²) in [4.78, 5) is 22.4. The molecule has 0 bridgehead atoms. The lowest BCUT2D eigenvalue weighted by molar-refractivity contribution is -0.124. The van der Waals surface area contributed by atoms with Crippen molar-refractivity contribution in [1.29, 1.82) is 0 Å². The molecule has 18 heavy (non-hydrogen) atoms. The second-order valence-electron chi connectivity index (χ2n) is 4.18. The SMILES string of the molecule is CNCC(C)C(=O)NCc1cccc(C(=O)O)c1. The first-order chi connectivity index (χ1) is 8.54. The highest BCUT2D eigenvalue weighted by molar-refractivity contribution is 5.87. The van der Waals surface area contributed by atoms with Crippen molar-refractivity contribution in [2.24, 2.45) is 5.92 Å². The van der Waals surface area contributed by atoms with E-state index in [9.17, 15) is 9.59 Å². The molecule has 0 aliphatic rings. The monoisotopic (exact) mass is 250 g/mol. The van der Waals surface area contributed by atoms with Crippen molar-refractivity contribution in [3.05, 3.63) is 35.4 Å². The highest BCUT2D eigenvalue weighted by Crippen LogP contribution is 2.05. The number of nitrogens with one attached hydrogen (secondary N) is 2. The molecule has 0 aliphatic carbocycles. The second kappa shape index (κ2) is 6.76. The minimum atomic E-state index is -0.966. The third-order valence-corrected chi connectivity index (χ3v) is 2.60. The number of hydrogen-bond donors (Lipinski definition) is 3. The van der Waals surface area contributed by atoms with Crippen LogP contribution in [-0.4, -0.2) is 30.6 Å². The molecule has 1 atom stereocenters. The predicted octanol–water partition coefficient (Wildman–Crippen LogP) is 0.856. The topological polar surface area (TPSA) is 78.4 Å². The summed E-state index contributed by atoms with van der Waals surface area (Å²) >= 11 is 0. The molecule has 1 aromatic rings. The third-order valence-electron chi connectivity index (χ3n) is 2.60. The lowest BCUT2D eigenvalue weighted by atomic mass is 10.1. The van der Waals surface area contributed by atoms with Gasteiger partial charge in [0, 0.05) is 19.0 Å². The van der Waals surface area contributed by atoms with Crippen LogP contribution in [0, 0.1) is 5.92 Å². The van der Waals surface area contributed by atoms with Crippen molar-refractivity contribution in [3.8, 4) is 0 Å². The van der Waals surface area contributed by atoms with Gasteiger partial charge in [-0.1, -0.05) is 19.1 Å². The quantitative estimate of drug-likeness (QED) is 0.699. The van der Waals surface area contributed by atoms with Crippen LogP contribution in [0.3, 0.4) is 0 Å². The van der Waals surface area contributed by atoms with Gasteiger partial charge in [-0.2, -0.15) is 0 Å². The maximum absolute atomic E-state index is 11.7. The van der Waals surface area contributed by atoms with Gasteiger partial charge in [0.15, 0.2) is 0 Å². The second-order valence-corrected chi connectivity index (χ2v) is 4.18. The van der Waals surface area contributed by atoms with Crippen molar-refractivity contribution < 1.29 is 14.7 Å². The molecule has 0 saturated heterocycles. The van der Waals surface area contributed by atoms with Crippen LogP contribution < -0.4 is 10.6 Å². The summed E-state index contributed by atoms with van der Waals surface area (Å²) in [5.74, 6) is -1.13. The van der Waals surface area contributed by atoms with Crippen LogP contribution >= 0.6 is 0 Å². The Balaban J connectivity index is 2.55. The van der Waals surface area contributed by atoms with Gasteiger partial charge in [0.25, 0.3) is 0 Å². The van der Waals surface area contributed by atoms with Gasteiger partial charge in [-0.15, -0.1) is 0 Å². The van der Waals surface area contributed by atoms with Crippen molar-refractivity contribution in [1.82, 2.24) is 10.6 Å². The summed E-state index contributed by atoms with van der Waals surface area (Å²) in [6, 6.07) is 6.54. The first-order valence-corrected chi connectivity index (χ1v) is 5.79. The zero-order valence-corrected chi connectivity index (χ0v) is 10.6. The Labute approximate surface area is 106 Å². The molecule has 0 saturated carbocycles. The third kappa shape index (κ3) is 4.18. The Morgan fingerprint density at radius 2 is 2.11 bits per heavy atom. The van der Waals surface area contributed by atoms with Crippen LogP contribution in [0.1, 0.15) is 22.8 Å². The summed E-state index contributed by atoms with van der Waals surface area (Å²) in [6.45, 7) is 2.79. The number of hydrogen-bond acceptors (Lipinski definition) is 3. The number of aromatic carboxylic acids is 1. The molecule has 5 heteroatoms. The summed E-state index contributed by atoms with van der Waals surface area (Å²) < 4.78 is 0. The largest absolute Gasteiger partial charge is 0.478 e. The number of amides is 1. The molecule has 0 fully saturated rings. The minimum absolute atomic E-state index is 0.0509. The molecule has 0 heterocycles. The average Bonchev–Trinajstić information content (AvgIpc) is 2.36. The Hall–Kier alpha value is -1.88. The van der Waals surface area contributed by atoms with Crippen molar-refractivity contribution in [3.63, 3.8) is 0 Å². The molecule has 0 aliphatic heterocycles. The molecule has 5 nitrogen and oxygen atoms in total. The van der Waals surface area contributed by atoms with Gasteiger partial charge in [-0.3, -0.25) is 4.79 Å². The van der Waals surface area contributed by atoms with Crippen LogP contribution in [0.25, 0.3) is 0 Å². The van der Waals surface area contributed by atoms with Gasteiger partial charge in [-0.25, -0.2) is 4.79 Å². The molecule has 0 spiro atoms. The van der Waals surface area contributed by atoms with E-state index in [0.29, 0.717) is 13.1 Å². The Kier molecular flexibility index (Phi) is 5.32. The van der Waals surface area contributed by atoms with E-state index >= 15 is 0 Å². The van der Waals surface area contributed by atoms with Gasteiger partial charge in [0.1, 0.15) is 0 Å². The summed E-state index contributed by atoms with van der Waals surface area (Å²) in [5.41, 5.74) is 1.00. The van der Waals surface area contributed by atoms with E-state index in [1.165, 1.54) is 6.07 Å². The fourth-order valence-electron chi connectivity index (χ4n) is 1.58. The summed E-state index contributed by atoms with van der Waals surface area (Å²) in [6.07, 6.45) is 0. The molecule has 0 aromatic heterocycles. The molecule has 3 N–H and O–H groups in total. The maximum atomic E-state index is 11.7. The number of rotatable bonds is 6. The van der Waals surface area contributed by atoms with E-state index in [2.05, 4.69) is 10.6 Å². The highest BCUT2D eigenvalue weighted by Gasteiger charge is 2.11. The van der Waals surface area contributed by atoms with Crippen molar-refractivity contribution >= 4 is 11.9 Å². The van der Waals surface area contributed by atoms with Crippen LogP contribution in [0.4, 0.5) is 0 Å². The Bertz CT molecular complexity index is 432. The molecule has 1 amide bonds. The summed E-state index contributed by atoms with van der Waals surface area (Å²) in [5, 5.41) is 14.6. The zero-order chi connectivity index (χ0) is 13.5. The van der Waals surface area contributed by atoms with E-state index in [4.69, 9.17) is 5.11 Å². The predicted molar refractivity (Wildman–Crippen MR) is 68.3 cm³/mol.